The molecule has 6 heteroatoms. The molecule has 0 saturated carbocycles. The quantitative estimate of drug-likeness (QED) is 0.712. The highest BCUT2D eigenvalue weighted by molar-refractivity contribution is 5.69. The van der Waals surface area contributed by atoms with Gasteiger partial charge in [0, 0.05) is 25.4 Å². The molecular formula is C13H18N2O4. The second-order valence-corrected chi connectivity index (χ2v) is 3.85. The fourth-order valence-corrected chi connectivity index (χ4v) is 1.73. The maximum atomic E-state index is 10.8. The zero-order chi connectivity index (χ0) is 14.3. The summed E-state index contributed by atoms with van der Waals surface area (Å²) in [7, 11) is 3.07. The topological polar surface area (TPSA) is 71.9 Å². The van der Waals surface area contributed by atoms with Crippen molar-refractivity contribution in [1.82, 2.24) is 9.88 Å². The first kappa shape index (κ1) is 15.0. The van der Waals surface area contributed by atoms with Crippen LogP contribution in [-0.2, 0) is 11.3 Å². The minimum Gasteiger partial charge on any atom is -0.493 e. The molecule has 0 amide bonds. The third kappa shape index (κ3) is 4.26. The summed E-state index contributed by atoms with van der Waals surface area (Å²) in [5, 5.41) is 8.86. The van der Waals surface area contributed by atoms with E-state index in [9.17, 15) is 4.79 Å². The van der Waals surface area contributed by atoms with Crippen LogP contribution >= 0.6 is 0 Å². The van der Waals surface area contributed by atoms with E-state index in [2.05, 4.69) is 11.6 Å². The predicted molar refractivity (Wildman–Crippen MR) is 70.5 cm³/mol. The first-order valence-electron chi connectivity index (χ1n) is 5.73. The van der Waals surface area contributed by atoms with Crippen molar-refractivity contribution >= 4 is 5.97 Å². The van der Waals surface area contributed by atoms with Crippen LogP contribution in [0.3, 0.4) is 0 Å². The van der Waals surface area contributed by atoms with Gasteiger partial charge >= 0.3 is 5.97 Å². The van der Waals surface area contributed by atoms with Gasteiger partial charge in [0.15, 0.2) is 11.5 Å². The number of nitrogens with zero attached hydrogens (tertiary/aromatic N) is 2. The van der Waals surface area contributed by atoms with Gasteiger partial charge in [0.05, 0.1) is 20.8 Å². The molecular weight excluding hydrogens is 248 g/mol. The molecule has 0 saturated heterocycles. The van der Waals surface area contributed by atoms with Crippen molar-refractivity contribution in [2.24, 2.45) is 0 Å². The van der Waals surface area contributed by atoms with Crippen LogP contribution in [0.25, 0.3) is 0 Å². The van der Waals surface area contributed by atoms with Gasteiger partial charge in [-0.05, 0) is 0 Å². The van der Waals surface area contributed by atoms with Crippen LogP contribution in [-0.4, -0.2) is 48.3 Å². The standard InChI is InChI=1S/C13H18N2O4/c1-4-7-15(9-12(16)17)8-10-13(19-3)11(18-2)5-6-14-10/h4-6H,1,7-9H2,2-3H3,(H,16,17). The van der Waals surface area contributed by atoms with Gasteiger partial charge in [-0.3, -0.25) is 14.7 Å². The van der Waals surface area contributed by atoms with Gasteiger partial charge in [0.2, 0.25) is 0 Å². The van der Waals surface area contributed by atoms with Crippen molar-refractivity contribution in [3.63, 3.8) is 0 Å². The van der Waals surface area contributed by atoms with Crippen LogP contribution in [0.2, 0.25) is 0 Å². The van der Waals surface area contributed by atoms with Crippen molar-refractivity contribution in [1.29, 1.82) is 0 Å². The molecule has 0 radical (unpaired) electrons. The van der Waals surface area contributed by atoms with E-state index in [4.69, 9.17) is 14.6 Å². The molecule has 1 aromatic rings. The maximum absolute atomic E-state index is 10.8. The molecule has 1 heterocycles. The zero-order valence-corrected chi connectivity index (χ0v) is 11.1. The normalized spacial score (nSPS) is 10.3. The van der Waals surface area contributed by atoms with Gasteiger partial charge in [-0.15, -0.1) is 6.58 Å². The lowest BCUT2D eigenvalue weighted by atomic mass is 10.2. The molecule has 0 aliphatic rings. The van der Waals surface area contributed by atoms with E-state index in [1.165, 1.54) is 7.11 Å². The smallest absolute Gasteiger partial charge is 0.317 e. The Morgan fingerprint density at radius 1 is 1.53 bits per heavy atom. The molecule has 0 fully saturated rings. The maximum Gasteiger partial charge on any atom is 0.317 e. The summed E-state index contributed by atoms with van der Waals surface area (Å²) in [6.07, 6.45) is 3.25. The third-order valence-electron chi connectivity index (χ3n) is 2.49. The number of carbonyl (C=O) groups is 1. The predicted octanol–water partition coefficient (Wildman–Crippen LogP) is 1.17. The number of aromatic nitrogens is 1. The van der Waals surface area contributed by atoms with E-state index >= 15 is 0 Å². The van der Waals surface area contributed by atoms with Crippen LogP contribution in [0.5, 0.6) is 11.5 Å². The zero-order valence-electron chi connectivity index (χ0n) is 11.1. The van der Waals surface area contributed by atoms with Crippen molar-refractivity contribution in [2.45, 2.75) is 6.54 Å². The van der Waals surface area contributed by atoms with Crippen LogP contribution < -0.4 is 9.47 Å². The average Bonchev–Trinajstić information content (AvgIpc) is 2.37. The minimum atomic E-state index is -0.899. The molecule has 0 bridgehead atoms. The molecule has 0 unspecified atom stereocenters. The lowest BCUT2D eigenvalue weighted by Gasteiger charge is -2.19. The number of carboxylic acid groups (broad SMARTS) is 1. The van der Waals surface area contributed by atoms with Crippen molar-refractivity contribution < 1.29 is 19.4 Å². The third-order valence-corrected chi connectivity index (χ3v) is 2.49. The highest BCUT2D eigenvalue weighted by Crippen LogP contribution is 2.29. The molecule has 0 spiro atoms. The Labute approximate surface area is 112 Å². The average molecular weight is 266 g/mol. The lowest BCUT2D eigenvalue weighted by Crippen LogP contribution is -2.30. The Morgan fingerprint density at radius 3 is 2.79 bits per heavy atom. The van der Waals surface area contributed by atoms with Crippen LogP contribution in [0.4, 0.5) is 0 Å². The molecule has 0 aliphatic heterocycles. The summed E-state index contributed by atoms with van der Waals surface area (Å²) in [5.74, 6) is 0.189. The van der Waals surface area contributed by atoms with Crippen molar-refractivity contribution in [3.8, 4) is 11.5 Å². The molecule has 0 atom stereocenters. The Kier molecular flexibility index (Phi) is 5.81. The number of pyridine rings is 1. The molecule has 0 aliphatic carbocycles. The number of carboxylic acids is 1. The Morgan fingerprint density at radius 2 is 2.26 bits per heavy atom. The van der Waals surface area contributed by atoms with Crippen molar-refractivity contribution in [2.75, 3.05) is 27.3 Å². The van der Waals surface area contributed by atoms with E-state index in [0.29, 0.717) is 30.3 Å². The summed E-state index contributed by atoms with van der Waals surface area (Å²) in [6, 6.07) is 1.69. The van der Waals surface area contributed by atoms with E-state index in [1.807, 2.05) is 0 Å². The Bertz CT molecular complexity index is 448. The van der Waals surface area contributed by atoms with E-state index in [-0.39, 0.29) is 6.54 Å². The van der Waals surface area contributed by atoms with E-state index in [0.717, 1.165) is 0 Å². The van der Waals surface area contributed by atoms with Gasteiger partial charge in [-0.25, -0.2) is 0 Å². The van der Waals surface area contributed by atoms with Crippen molar-refractivity contribution in [3.05, 3.63) is 30.6 Å². The number of hydrogen-bond donors (Lipinski definition) is 1. The SMILES string of the molecule is C=CCN(CC(=O)O)Cc1nccc(OC)c1OC. The molecule has 1 aromatic heterocycles. The molecule has 1 N–H and O–H groups in total. The largest absolute Gasteiger partial charge is 0.493 e. The fraction of sp³-hybridized carbons (Fsp3) is 0.385. The number of aliphatic carboxylic acids is 1. The summed E-state index contributed by atoms with van der Waals surface area (Å²) in [5.41, 5.74) is 0.630. The molecule has 6 nitrogen and oxygen atoms in total. The van der Waals surface area contributed by atoms with Gasteiger partial charge in [0.25, 0.3) is 0 Å². The monoisotopic (exact) mass is 266 g/mol. The van der Waals surface area contributed by atoms with Gasteiger partial charge in [0.1, 0.15) is 5.69 Å². The highest BCUT2D eigenvalue weighted by atomic mass is 16.5. The lowest BCUT2D eigenvalue weighted by molar-refractivity contribution is -0.138. The number of methoxy groups -OCH3 is 2. The van der Waals surface area contributed by atoms with Crippen LogP contribution in [0, 0.1) is 0 Å². The Hall–Kier alpha value is -2.08. The van der Waals surface area contributed by atoms with E-state index in [1.54, 1.807) is 30.3 Å². The molecule has 104 valence electrons. The summed E-state index contributed by atoms with van der Waals surface area (Å²) in [6.45, 7) is 4.32. The van der Waals surface area contributed by atoms with Crippen LogP contribution in [0.15, 0.2) is 24.9 Å². The second kappa shape index (κ2) is 7.38. The highest BCUT2D eigenvalue weighted by Gasteiger charge is 2.15. The molecule has 19 heavy (non-hydrogen) atoms. The first-order valence-corrected chi connectivity index (χ1v) is 5.73. The first-order chi connectivity index (χ1) is 9.12. The number of ether oxygens (including phenoxy) is 2. The summed E-state index contributed by atoms with van der Waals surface area (Å²) < 4.78 is 10.4. The van der Waals surface area contributed by atoms with Crippen LogP contribution in [0.1, 0.15) is 5.69 Å². The second-order valence-electron chi connectivity index (χ2n) is 3.85. The fourth-order valence-electron chi connectivity index (χ4n) is 1.73. The molecule has 0 aromatic carbocycles. The van der Waals surface area contributed by atoms with Gasteiger partial charge in [-0.1, -0.05) is 6.08 Å². The van der Waals surface area contributed by atoms with Gasteiger partial charge in [-0.2, -0.15) is 0 Å². The Balaban J connectivity index is 2.94. The minimum absolute atomic E-state index is 0.0892. The van der Waals surface area contributed by atoms with Gasteiger partial charge < -0.3 is 14.6 Å². The molecule has 1 rings (SSSR count). The summed E-state index contributed by atoms with van der Waals surface area (Å²) in [4.78, 5) is 16.7. The van der Waals surface area contributed by atoms with E-state index < -0.39 is 5.97 Å². The number of hydrogen-bond acceptors (Lipinski definition) is 5. The summed E-state index contributed by atoms with van der Waals surface area (Å²) >= 11 is 0. The number of rotatable bonds is 8.